The molecule has 3 rings (SSSR count). The Morgan fingerprint density at radius 2 is 2.35 bits per heavy atom. The van der Waals surface area contributed by atoms with Gasteiger partial charge in [0.1, 0.15) is 11.1 Å². The topological polar surface area (TPSA) is 91.2 Å². The molecule has 20 heavy (non-hydrogen) atoms. The average Bonchev–Trinajstić information content (AvgIpc) is 3.00. The first-order chi connectivity index (χ1) is 9.11. The van der Waals surface area contributed by atoms with E-state index in [1.165, 1.54) is 22.1 Å². The molecule has 1 fully saturated rings. The fraction of sp³-hybridized carbons (Fsp3) is 0.273. The summed E-state index contributed by atoms with van der Waals surface area (Å²) in [6, 6.07) is 0. The van der Waals surface area contributed by atoms with Crippen molar-refractivity contribution in [3.05, 3.63) is 28.6 Å². The van der Waals surface area contributed by atoms with E-state index < -0.39 is 5.97 Å². The zero-order valence-corrected chi connectivity index (χ0v) is 13.8. The smallest absolute Gasteiger partial charge is 0.543 e. The van der Waals surface area contributed by atoms with Gasteiger partial charge in [-0.1, -0.05) is 5.21 Å². The number of fused-ring (bicyclic) bond motifs is 1. The number of carboxylic acid groups (broad SMARTS) is 1. The molecule has 1 aromatic heterocycles. The van der Waals surface area contributed by atoms with Crippen molar-refractivity contribution in [2.45, 2.75) is 18.8 Å². The third-order valence-electron chi connectivity index (χ3n) is 2.93. The predicted octanol–water partition coefficient (Wildman–Crippen LogP) is -3.81. The molecule has 1 saturated heterocycles. The first-order valence-corrected chi connectivity index (χ1v) is 6.58. The molecule has 2 aliphatic rings. The van der Waals surface area contributed by atoms with Crippen molar-refractivity contribution < 1.29 is 44.3 Å². The molecular formula is C11H9N4NaO3S. The number of carboxylic acids is 1. The Labute approximate surface area is 141 Å². The SMILES string of the molecule is CCn1cc(/C=C2\C(=O)N3C(C(=O)[O-])=CS[C@H]23)nn1.[Na+]. The quantitative estimate of drug-likeness (QED) is 0.323. The number of thioether (sulfide) groups is 1. The van der Waals surface area contributed by atoms with Crippen LogP contribution in [-0.4, -0.2) is 37.1 Å². The minimum Gasteiger partial charge on any atom is -0.543 e. The summed E-state index contributed by atoms with van der Waals surface area (Å²) < 4.78 is 1.65. The summed E-state index contributed by atoms with van der Waals surface area (Å²) in [7, 11) is 0. The van der Waals surface area contributed by atoms with Crippen molar-refractivity contribution >= 4 is 29.7 Å². The van der Waals surface area contributed by atoms with Gasteiger partial charge in [-0.15, -0.1) is 16.9 Å². The Hall–Kier alpha value is -1.09. The van der Waals surface area contributed by atoms with E-state index >= 15 is 0 Å². The first kappa shape index (κ1) is 15.3. The number of aromatic nitrogens is 3. The fourth-order valence-electron chi connectivity index (χ4n) is 1.95. The minimum atomic E-state index is -1.33. The monoisotopic (exact) mass is 300 g/mol. The second-order valence-electron chi connectivity index (χ2n) is 4.05. The number of rotatable bonds is 3. The van der Waals surface area contributed by atoms with Gasteiger partial charge in [0.25, 0.3) is 5.91 Å². The summed E-state index contributed by atoms with van der Waals surface area (Å²) >= 11 is 1.27. The third-order valence-corrected chi connectivity index (χ3v) is 4.01. The number of carbonyl (C=O) groups is 2. The van der Waals surface area contributed by atoms with Crippen molar-refractivity contribution in [2.24, 2.45) is 0 Å². The normalized spacial score (nSPS) is 22.1. The number of hydrogen-bond acceptors (Lipinski definition) is 6. The molecule has 0 bridgehead atoms. The fourth-order valence-corrected chi connectivity index (χ4v) is 3.07. The van der Waals surface area contributed by atoms with Crippen LogP contribution in [0.2, 0.25) is 0 Å². The van der Waals surface area contributed by atoms with Gasteiger partial charge < -0.3 is 9.90 Å². The molecule has 0 radical (unpaired) electrons. The molecule has 0 aromatic carbocycles. The van der Waals surface area contributed by atoms with E-state index in [1.54, 1.807) is 17.0 Å². The van der Waals surface area contributed by atoms with E-state index in [4.69, 9.17) is 0 Å². The maximum Gasteiger partial charge on any atom is 1.00 e. The van der Waals surface area contributed by atoms with Crippen molar-refractivity contribution in [3.8, 4) is 0 Å². The van der Waals surface area contributed by atoms with Crippen LogP contribution in [0, 0.1) is 0 Å². The maximum absolute atomic E-state index is 11.9. The van der Waals surface area contributed by atoms with Gasteiger partial charge >= 0.3 is 29.6 Å². The van der Waals surface area contributed by atoms with Gasteiger partial charge in [-0.3, -0.25) is 14.4 Å². The Morgan fingerprint density at radius 1 is 1.60 bits per heavy atom. The Balaban J connectivity index is 0.00000147. The van der Waals surface area contributed by atoms with Crippen LogP contribution in [0.4, 0.5) is 0 Å². The van der Waals surface area contributed by atoms with E-state index in [0.717, 1.165) is 0 Å². The molecule has 9 heteroatoms. The number of hydrogen-bond donors (Lipinski definition) is 0. The molecule has 1 atom stereocenters. The molecule has 0 N–H and O–H groups in total. The van der Waals surface area contributed by atoms with Crippen LogP contribution in [0.1, 0.15) is 12.6 Å². The molecule has 0 aliphatic carbocycles. The molecular weight excluding hydrogens is 291 g/mol. The molecule has 0 saturated carbocycles. The van der Waals surface area contributed by atoms with Crippen LogP contribution in [0.3, 0.4) is 0 Å². The van der Waals surface area contributed by atoms with Crippen molar-refractivity contribution in [1.29, 1.82) is 0 Å². The van der Waals surface area contributed by atoms with Crippen LogP contribution in [0.25, 0.3) is 6.08 Å². The molecule has 98 valence electrons. The Bertz CT molecular complexity index is 639. The van der Waals surface area contributed by atoms with Gasteiger partial charge in [0.15, 0.2) is 0 Å². The Kier molecular flexibility index (Phi) is 4.38. The molecule has 1 amide bonds. The summed E-state index contributed by atoms with van der Waals surface area (Å²) in [5, 5.41) is 19.8. The standard InChI is InChI=1S/C11H10N4O3S.Na/c1-2-14-4-6(12-13-14)3-7-9(16)15-8(11(17)18)5-19-10(7)15;/h3-5,10H,2H2,1H3,(H,17,18);/q;+1/p-1/b7-3+;/t10-;/m1./s1. The van der Waals surface area contributed by atoms with Gasteiger partial charge in [-0.2, -0.15) is 0 Å². The number of amides is 1. The molecule has 2 aliphatic heterocycles. The molecule has 7 nitrogen and oxygen atoms in total. The first-order valence-electron chi connectivity index (χ1n) is 5.64. The Morgan fingerprint density at radius 3 is 2.95 bits per heavy atom. The van der Waals surface area contributed by atoms with Crippen molar-refractivity contribution in [1.82, 2.24) is 19.9 Å². The number of β-lactam (4-membered cyclic amide) rings is 1. The maximum atomic E-state index is 11.9. The molecule has 0 unspecified atom stereocenters. The number of aliphatic carboxylic acids is 1. The van der Waals surface area contributed by atoms with Gasteiger partial charge in [0, 0.05) is 6.54 Å². The molecule has 1 aromatic rings. The third kappa shape index (κ3) is 2.32. The van der Waals surface area contributed by atoms with Gasteiger partial charge in [0.05, 0.1) is 23.4 Å². The second-order valence-corrected chi connectivity index (χ2v) is 5.01. The van der Waals surface area contributed by atoms with Crippen LogP contribution in [0.5, 0.6) is 0 Å². The second kappa shape index (κ2) is 5.72. The van der Waals surface area contributed by atoms with E-state index in [9.17, 15) is 14.7 Å². The average molecular weight is 300 g/mol. The van der Waals surface area contributed by atoms with E-state index in [0.29, 0.717) is 17.8 Å². The van der Waals surface area contributed by atoms with Gasteiger partial charge in [0.2, 0.25) is 0 Å². The molecule has 3 heterocycles. The zero-order chi connectivity index (χ0) is 13.6. The van der Waals surface area contributed by atoms with Crippen molar-refractivity contribution in [3.63, 3.8) is 0 Å². The summed E-state index contributed by atoms with van der Waals surface area (Å²) in [5.74, 6) is -1.66. The largest absolute Gasteiger partial charge is 1.00 e. The van der Waals surface area contributed by atoms with Crippen LogP contribution < -0.4 is 34.7 Å². The number of aryl methyl sites for hydroxylation is 1. The summed E-state index contributed by atoms with van der Waals surface area (Å²) in [6.45, 7) is 2.63. The van der Waals surface area contributed by atoms with Gasteiger partial charge in [-0.05, 0) is 18.4 Å². The number of nitrogens with zero attached hydrogens (tertiary/aromatic N) is 4. The van der Waals surface area contributed by atoms with E-state index in [-0.39, 0.29) is 46.5 Å². The summed E-state index contributed by atoms with van der Waals surface area (Å²) in [6.07, 6.45) is 3.37. The molecule has 0 spiro atoms. The summed E-state index contributed by atoms with van der Waals surface area (Å²) in [4.78, 5) is 23.9. The van der Waals surface area contributed by atoms with Gasteiger partial charge in [-0.25, -0.2) is 0 Å². The van der Waals surface area contributed by atoms with Crippen molar-refractivity contribution in [2.75, 3.05) is 0 Å². The van der Waals surface area contributed by atoms with E-state index in [2.05, 4.69) is 10.3 Å². The number of carbonyl (C=O) groups excluding carboxylic acids is 2. The minimum absolute atomic E-state index is 0. The van der Waals surface area contributed by atoms with Crippen LogP contribution in [0.15, 0.2) is 22.9 Å². The summed E-state index contributed by atoms with van der Waals surface area (Å²) in [5.41, 5.74) is 1.04. The van der Waals surface area contributed by atoms with Crippen LogP contribution >= 0.6 is 11.8 Å². The predicted molar refractivity (Wildman–Crippen MR) is 65.0 cm³/mol. The zero-order valence-electron chi connectivity index (χ0n) is 10.9. The van der Waals surface area contributed by atoms with E-state index in [1.807, 2.05) is 6.92 Å². The van der Waals surface area contributed by atoms with Crippen LogP contribution in [-0.2, 0) is 16.1 Å².